The Balaban J connectivity index is 3.36. The van der Waals surface area contributed by atoms with Crippen molar-refractivity contribution in [2.24, 2.45) is 0 Å². The SMILES string of the molecule is CCCCCCC/C=C\CCCCCCCC(=O)OCCCCCCCCCCCCCC/C=C\CCCCCCCCCCCCCCCCCCC(=O)NC(CO)C(O)/C=C/CCCCCCCCCCCCC. The van der Waals surface area contributed by atoms with Crippen molar-refractivity contribution in [3.63, 3.8) is 0 Å². The molecule has 0 fully saturated rings. The number of hydrogen-bond donors (Lipinski definition) is 3. The highest BCUT2D eigenvalue weighted by atomic mass is 16.5. The normalized spacial score (nSPS) is 12.7. The number of ether oxygens (including phenoxy) is 1. The van der Waals surface area contributed by atoms with E-state index in [1.165, 1.54) is 302 Å². The van der Waals surface area contributed by atoms with Gasteiger partial charge in [-0.25, -0.2) is 0 Å². The first-order chi connectivity index (χ1) is 37.5. The van der Waals surface area contributed by atoms with E-state index in [0.29, 0.717) is 19.4 Å². The average molecular weight is 1070 g/mol. The second-order valence-electron chi connectivity index (χ2n) is 23.5. The smallest absolute Gasteiger partial charge is 0.305 e. The van der Waals surface area contributed by atoms with E-state index in [-0.39, 0.29) is 18.5 Å². The van der Waals surface area contributed by atoms with Gasteiger partial charge in [-0.15, -0.1) is 0 Å². The molecular weight excluding hydrogens is 935 g/mol. The molecule has 0 aromatic carbocycles. The van der Waals surface area contributed by atoms with Crippen molar-refractivity contribution in [2.75, 3.05) is 13.2 Å². The van der Waals surface area contributed by atoms with Crippen LogP contribution in [-0.4, -0.2) is 47.4 Å². The zero-order chi connectivity index (χ0) is 55.0. The maximum atomic E-state index is 12.5. The lowest BCUT2D eigenvalue weighted by molar-refractivity contribution is -0.143. The zero-order valence-electron chi connectivity index (χ0n) is 51.3. The van der Waals surface area contributed by atoms with Crippen molar-refractivity contribution < 1.29 is 24.5 Å². The predicted octanol–water partition coefficient (Wildman–Crippen LogP) is 21.9. The van der Waals surface area contributed by atoms with Gasteiger partial charge in [0, 0.05) is 12.8 Å². The highest BCUT2D eigenvalue weighted by Gasteiger charge is 2.18. The van der Waals surface area contributed by atoms with Gasteiger partial charge >= 0.3 is 5.97 Å². The predicted molar refractivity (Wildman–Crippen MR) is 333 cm³/mol. The summed E-state index contributed by atoms with van der Waals surface area (Å²) >= 11 is 0. The number of amides is 1. The number of aliphatic hydroxyl groups excluding tert-OH is 2. The van der Waals surface area contributed by atoms with Gasteiger partial charge in [0.1, 0.15) is 0 Å². The number of nitrogens with one attached hydrogen (secondary N) is 1. The van der Waals surface area contributed by atoms with Gasteiger partial charge in [0.25, 0.3) is 0 Å². The Morgan fingerprint density at radius 3 is 0.934 bits per heavy atom. The number of rotatable bonds is 64. The number of aliphatic hydroxyl groups is 2. The molecule has 448 valence electrons. The third-order valence-electron chi connectivity index (χ3n) is 15.9. The summed E-state index contributed by atoms with van der Waals surface area (Å²) in [5.41, 5.74) is 0. The van der Waals surface area contributed by atoms with Gasteiger partial charge in [0.15, 0.2) is 0 Å². The fourth-order valence-electron chi connectivity index (χ4n) is 10.6. The van der Waals surface area contributed by atoms with Crippen LogP contribution in [0.25, 0.3) is 0 Å². The molecule has 6 heteroatoms. The number of carbonyl (C=O) groups is 2. The Morgan fingerprint density at radius 2 is 0.618 bits per heavy atom. The van der Waals surface area contributed by atoms with Gasteiger partial charge in [-0.1, -0.05) is 314 Å². The van der Waals surface area contributed by atoms with Crippen molar-refractivity contribution >= 4 is 11.9 Å². The van der Waals surface area contributed by atoms with Crippen LogP contribution in [0, 0.1) is 0 Å². The minimum absolute atomic E-state index is 0.00952. The molecule has 0 aromatic heterocycles. The number of allylic oxidation sites excluding steroid dienone is 5. The fourth-order valence-corrected chi connectivity index (χ4v) is 10.6. The maximum Gasteiger partial charge on any atom is 0.305 e. The summed E-state index contributed by atoms with van der Waals surface area (Å²) in [4.78, 5) is 24.5. The number of esters is 1. The van der Waals surface area contributed by atoms with E-state index in [0.717, 1.165) is 44.9 Å². The van der Waals surface area contributed by atoms with Crippen LogP contribution in [0.1, 0.15) is 373 Å². The minimum atomic E-state index is -0.842. The van der Waals surface area contributed by atoms with E-state index < -0.39 is 12.1 Å². The lowest BCUT2D eigenvalue weighted by Gasteiger charge is -2.20. The molecule has 0 rings (SSSR count). The first kappa shape index (κ1) is 74.1. The lowest BCUT2D eigenvalue weighted by Crippen LogP contribution is -2.45. The summed E-state index contributed by atoms with van der Waals surface area (Å²) in [5, 5.41) is 23.1. The summed E-state index contributed by atoms with van der Waals surface area (Å²) in [7, 11) is 0. The van der Waals surface area contributed by atoms with Crippen LogP contribution < -0.4 is 5.32 Å². The lowest BCUT2D eigenvalue weighted by atomic mass is 10.0. The molecule has 0 aliphatic heterocycles. The van der Waals surface area contributed by atoms with Crippen molar-refractivity contribution in [1.82, 2.24) is 5.32 Å². The molecule has 0 aliphatic rings. The van der Waals surface area contributed by atoms with E-state index in [9.17, 15) is 19.8 Å². The summed E-state index contributed by atoms with van der Waals surface area (Å²) in [6.07, 6.45) is 83.7. The van der Waals surface area contributed by atoms with Crippen LogP contribution in [0.5, 0.6) is 0 Å². The van der Waals surface area contributed by atoms with E-state index in [1.807, 2.05) is 6.08 Å². The molecule has 0 saturated carbocycles. The largest absolute Gasteiger partial charge is 0.466 e. The van der Waals surface area contributed by atoms with Crippen LogP contribution >= 0.6 is 0 Å². The van der Waals surface area contributed by atoms with Crippen LogP contribution in [0.2, 0.25) is 0 Å². The average Bonchev–Trinajstić information content (AvgIpc) is 3.42. The van der Waals surface area contributed by atoms with Gasteiger partial charge in [-0.2, -0.15) is 0 Å². The number of carbonyl (C=O) groups excluding carboxylic acids is 2. The van der Waals surface area contributed by atoms with Crippen LogP contribution in [0.4, 0.5) is 0 Å². The molecule has 6 nitrogen and oxygen atoms in total. The topological polar surface area (TPSA) is 95.9 Å². The molecular formula is C70H133NO5. The second-order valence-corrected chi connectivity index (χ2v) is 23.5. The van der Waals surface area contributed by atoms with Gasteiger partial charge < -0.3 is 20.3 Å². The van der Waals surface area contributed by atoms with E-state index >= 15 is 0 Å². The Kier molecular flexibility index (Phi) is 63.9. The van der Waals surface area contributed by atoms with E-state index in [4.69, 9.17) is 4.74 Å². The standard InChI is InChI=1S/C70H133NO5/c1-3-5-7-9-11-13-15-17-40-44-48-52-56-60-64-70(75)76-65-61-57-53-49-45-41-37-35-33-31-29-27-25-23-21-19-18-20-22-24-26-28-30-32-34-36-39-43-47-51-55-59-63-69(74)71-67(66-72)68(73)62-58-54-50-46-42-38-16-14-12-10-8-6-4-2/h15,17,21,23,58,62,67-68,72-73H,3-14,16,18-20,22,24-57,59-61,63-66H2,1-2H3,(H,71,74)/b17-15-,23-21-,62-58+. The van der Waals surface area contributed by atoms with Crippen molar-refractivity contribution in [2.45, 2.75) is 386 Å². The van der Waals surface area contributed by atoms with Gasteiger partial charge in [-0.05, 0) is 83.5 Å². The monoisotopic (exact) mass is 1070 g/mol. The van der Waals surface area contributed by atoms with Gasteiger partial charge in [0.2, 0.25) is 5.91 Å². The molecule has 1 amide bonds. The summed E-state index contributed by atoms with van der Waals surface area (Å²) in [6, 6.07) is -0.625. The highest BCUT2D eigenvalue weighted by Crippen LogP contribution is 2.18. The molecule has 0 spiro atoms. The van der Waals surface area contributed by atoms with Crippen LogP contribution in [-0.2, 0) is 14.3 Å². The van der Waals surface area contributed by atoms with Crippen LogP contribution in [0.15, 0.2) is 36.5 Å². The molecule has 0 aromatic rings. The van der Waals surface area contributed by atoms with Gasteiger partial charge in [0.05, 0.1) is 25.4 Å². The minimum Gasteiger partial charge on any atom is -0.466 e. The third-order valence-corrected chi connectivity index (χ3v) is 15.9. The molecule has 0 aliphatic carbocycles. The molecule has 76 heavy (non-hydrogen) atoms. The van der Waals surface area contributed by atoms with Gasteiger partial charge in [-0.3, -0.25) is 9.59 Å². The molecule has 0 heterocycles. The fraction of sp³-hybridized carbons (Fsp3) is 0.886. The number of hydrogen-bond acceptors (Lipinski definition) is 5. The van der Waals surface area contributed by atoms with Crippen molar-refractivity contribution in [3.8, 4) is 0 Å². The first-order valence-corrected chi connectivity index (χ1v) is 34.3. The Bertz CT molecular complexity index is 1230. The van der Waals surface area contributed by atoms with E-state index in [1.54, 1.807) is 6.08 Å². The third kappa shape index (κ3) is 61.3. The Morgan fingerprint density at radius 1 is 0.355 bits per heavy atom. The molecule has 2 unspecified atom stereocenters. The quantitative estimate of drug-likeness (QED) is 0.0320. The van der Waals surface area contributed by atoms with E-state index in [2.05, 4.69) is 43.5 Å². The molecule has 0 bridgehead atoms. The van der Waals surface area contributed by atoms with Crippen molar-refractivity contribution in [3.05, 3.63) is 36.5 Å². The highest BCUT2D eigenvalue weighted by molar-refractivity contribution is 5.76. The summed E-state index contributed by atoms with van der Waals surface area (Å²) in [5.74, 6) is -0.0548. The first-order valence-electron chi connectivity index (χ1n) is 34.3. The molecule has 0 radical (unpaired) electrons. The Hall–Kier alpha value is -1.92. The summed E-state index contributed by atoms with van der Waals surface area (Å²) in [6.45, 7) is 4.91. The van der Waals surface area contributed by atoms with Crippen molar-refractivity contribution in [1.29, 1.82) is 0 Å². The van der Waals surface area contributed by atoms with Crippen LogP contribution in [0.3, 0.4) is 0 Å². The molecule has 3 N–H and O–H groups in total. The number of unbranched alkanes of at least 4 members (excludes halogenated alkanes) is 49. The second kappa shape index (κ2) is 65.6. The maximum absolute atomic E-state index is 12.5. The Labute approximate surface area is 474 Å². The molecule has 2 atom stereocenters. The summed E-state index contributed by atoms with van der Waals surface area (Å²) < 4.78 is 5.48. The zero-order valence-corrected chi connectivity index (χ0v) is 51.3. The molecule has 0 saturated heterocycles.